The van der Waals surface area contributed by atoms with E-state index in [1.165, 1.54) is 0 Å². The van der Waals surface area contributed by atoms with E-state index in [4.69, 9.17) is 9.47 Å². The van der Waals surface area contributed by atoms with Gasteiger partial charge in [-0.05, 0) is 31.2 Å². The minimum atomic E-state index is -3.38. The van der Waals surface area contributed by atoms with Crippen molar-refractivity contribution >= 4 is 14.9 Å². The van der Waals surface area contributed by atoms with Gasteiger partial charge in [-0.2, -0.15) is 0 Å². The Labute approximate surface area is 106 Å². The van der Waals surface area contributed by atoms with Gasteiger partial charge in [0.25, 0.3) is 0 Å². The van der Waals surface area contributed by atoms with Crippen LogP contribution in [0.25, 0.3) is 0 Å². The molecule has 0 atom stereocenters. The maximum atomic E-state index is 11.6. The summed E-state index contributed by atoms with van der Waals surface area (Å²) >= 11 is 0. The summed E-state index contributed by atoms with van der Waals surface area (Å²) in [4.78, 5) is 3.93. The lowest BCUT2D eigenvalue weighted by Crippen LogP contribution is -2.17. The molecule has 0 aliphatic carbocycles. The minimum Gasteiger partial charge on any atom is -0.497 e. The molecule has 0 unspecified atom stereocenters. The van der Waals surface area contributed by atoms with E-state index < -0.39 is 9.84 Å². The summed E-state index contributed by atoms with van der Waals surface area (Å²) in [7, 11) is -1.81. The van der Waals surface area contributed by atoms with E-state index in [1.807, 2.05) is 0 Å². The van der Waals surface area contributed by atoms with Crippen LogP contribution in [0.4, 0.5) is 0 Å². The Morgan fingerprint density at radius 3 is 2.28 bits per heavy atom. The lowest BCUT2D eigenvalue weighted by Gasteiger charge is -2.06. The quantitative estimate of drug-likeness (QED) is 0.833. The first-order valence-electron chi connectivity index (χ1n) is 5.29. The smallest absolute Gasteiger partial charge is 0.218 e. The Hall–Kier alpha value is -1.82. The molecule has 1 aromatic carbocycles. The zero-order valence-electron chi connectivity index (χ0n) is 10.1. The first-order valence-corrected chi connectivity index (χ1v) is 6.84. The molecule has 0 radical (unpaired) electrons. The fourth-order valence-electron chi connectivity index (χ4n) is 1.51. The van der Waals surface area contributed by atoms with Crippen LogP contribution in [0.2, 0.25) is 0 Å². The summed E-state index contributed by atoms with van der Waals surface area (Å²) in [5.41, 5.74) is 0.475. The second-order valence-corrected chi connectivity index (χ2v) is 5.57. The van der Waals surface area contributed by atoms with Crippen molar-refractivity contribution in [3.63, 3.8) is 0 Å². The highest BCUT2D eigenvalue weighted by molar-refractivity contribution is 8.09. The maximum Gasteiger partial charge on any atom is 0.218 e. The number of benzene rings is 1. The number of ether oxygens (including phenoxy) is 2. The van der Waals surface area contributed by atoms with Crippen LogP contribution in [0.15, 0.2) is 40.4 Å². The molecule has 0 amide bonds. The normalized spacial score (nSPS) is 17.0. The number of rotatable bonds is 4. The molecule has 1 aliphatic rings. The van der Waals surface area contributed by atoms with Crippen LogP contribution in [-0.2, 0) is 9.84 Å². The Balaban J connectivity index is 2.03. The minimum absolute atomic E-state index is 0.0378. The monoisotopic (exact) mass is 267 g/mol. The molecule has 1 aliphatic heterocycles. The number of hydrogen-bond donors (Lipinski definition) is 0. The molecule has 18 heavy (non-hydrogen) atoms. The van der Waals surface area contributed by atoms with Gasteiger partial charge in [-0.1, -0.05) is 0 Å². The maximum absolute atomic E-state index is 11.6. The van der Waals surface area contributed by atoms with Crippen LogP contribution in [0.3, 0.4) is 0 Å². The highest BCUT2D eigenvalue weighted by Crippen LogP contribution is 2.19. The van der Waals surface area contributed by atoms with Gasteiger partial charge in [0.05, 0.1) is 18.2 Å². The summed E-state index contributed by atoms with van der Waals surface area (Å²) in [5, 5.41) is 1.18. The lowest BCUT2D eigenvalue weighted by atomic mass is 10.3. The zero-order chi connectivity index (χ0) is 13.2. The summed E-state index contributed by atoms with van der Waals surface area (Å²) in [6.45, 7) is 1.57. The van der Waals surface area contributed by atoms with E-state index in [0.717, 1.165) is 5.41 Å². The number of hydrogen-bond acceptors (Lipinski definition) is 5. The van der Waals surface area contributed by atoms with E-state index in [-0.39, 0.29) is 11.7 Å². The van der Waals surface area contributed by atoms with E-state index in [1.54, 1.807) is 38.3 Å². The van der Waals surface area contributed by atoms with Crippen molar-refractivity contribution in [3.8, 4) is 11.5 Å². The predicted octanol–water partition coefficient (Wildman–Crippen LogP) is 1.76. The van der Waals surface area contributed by atoms with Crippen LogP contribution in [0.5, 0.6) is 11.5 Å². The van der Waals surface area contributed by atoms with Gasteiger partial charge < -0.3 is 9.47 Å². The van der Waals surface area contributed by atoms with Gasteiger partial charge in [-0.25, -0.2) is 13.4 Å². The summed E-state index contributed by atoms with van der Waals surface area (Å²) in [6, 6.07) is 6.90. The summed E-state index contributed by atoms with van der Waals surface area (Å²) in [5.74, 6) is 1.28. The number of methoxy groups -OCH3 is 1. The second-order valence-electron chi connectivity index (χ2n) is 3.77. The fourth-order valence-corrected chi connectivity index (χ4v) is 2.64. The standard InChI is InChI=1S/C12H13NO4S/c1-9-8-18(14,15)12(13-9)7-17-11-5-3-10(16-2)4-6-11/h3-6,8H,7H2,1-2H3. The van der Waals surface area contributed by atoms with Crippen molar-refractivity contribution in [1.29, 1.82) is 0 Å². The first kappa shape index (κ1) is 12.6. The van der Waals surface area contributed by atoms with Gasteiger partial charge in [-0.15, -0.1) is 0 Å². The highest BCUT2D eigenvalue weighted by Gasteiger charge is 2.23. The zero-order valence-corrected chi connectivity index (χ0v) is 10.9. The third kappa shape index (κ3) is 2.70. The average molecular weight is 267 g/mol. The van der Waals surface area contributed by atoms with E-state index >= 15 is 0 Å². The number of aliphatic imine (C=N–C) groups is 1. The molecule has 6 heteroatoms. The predicted molar refractivity (Wildman–Crippen MR) is 68.6 cm³/mol. The molecule has 0 spiro atoms. The molecule has 5 nitrogen and oxygen atoms in total. The van der Waals surface area contributed by atoms with Crippen molar-refractivity contribution in [2.45, 2.75) is 6.92 Å². The Bertz CT molecular complexity index is 599. The Morgan fingerprint density at radius 2 is 1.78 bits per heavy atom. The molecule has 0 N–H and O–H groups in total. The molecule has 2 rings (SSSR count). The molecule has 0 bridgehead atoms. The molecular weight excluding hydrogens is 254 g/mol. The molecule has 0 saturated carbocycles. The van der Waals surface area contributed by atoms with E-state index in [2.05, 4.69) is 4.99 Å². The summed E-state index contributed by atoms with van der Waals surface area (Å²) in [6.07, 6.45) is 0. The van der Waals surface area contributed by atoms with Crippen molar-refractivity contribution < 1.29 is 17.9 Å². The van der Waals surface area contributed by atoms with Gasteiger partial charge in [-0.3, -0.25) is 0 Å². The molecule has 0 aromatic heterocycles. The Morgan fingerprint density at radius 1 is 1.17 bits per heavy atom. The lowest BCUT2D eigenvalue weighted by molar-refractivity contribution is 0.375. The summed E-state index contributed by atoms with van der Waals surface area (Å²) < 4.78 is 33.6. The van der Waals surface area contributed by atoms with Crippen molar-refractivity contribution in [1.82, 2.24) is 0 Å². The number of allylic oxidation sites excluding steroid dienone is 1. The van der Waals surface area contributed by atoms with Crippen LogP contribution >= 0.6 is 0 Å². The molecule has 0 fully saturated rings. The van der Waals surface area contributed by atoms with Gasteiger partial charge >= 0.3 is 0 Å². The van der Waals surface area contributed by atoms with Crippen LogP contribution in [0, 0.1) is 0 Å². The van der Waals surface area contributed by atoms with Crippen LogP contribution in [-0.4, -0.2) is 27.2 Å². The molecule has 1 aromatic rings. The fraction of sp³-hybridized carbons (Fsp3) is 0.250. The average Bonchev–Trinajstić information content (AvgIpc) is 2.60. The SMILES string of the molecule is COc1ccc(OCC2=NC(C)=CS2(=O)=O)cc1. The largest absolute Gasteiger partial charge is 0.497 e. The van der Waals surface area contributed by atoms with Gasteiger partial charge in [0.2, 0.25) is 9.84 Å². The number of sulfone groups is 1. The topological polar surface area (TPSA) is 65.0 Å². The van der Waals surface area contributed by atoms with Crippen LogP contribution < -0.4 is 9.47 Å². The molecule has 0 saturated heterocycles. The van der Waals surface area contributed by atoms with Crippen molar-refractivity contribution in [2.24, 2.45) is 4.99 Å². The van der Waals surface area contributed by atoms with Gasteiger partial charge in [0.15, 0.2) is 5.04 Å². The molecule has 1 heterocycles. The van der Waals surface area contributed by atoms with Crippen LogP contribution in [0.1, 0.15) is 6.92 Å². The highest BCUT2D eigenvalue weighted by atomic mass is 32.2. The first-order chi connectivity index (χ1) is 8.51. The van der Waals surface area contributed by atoms with Gasteiger partial charge in [0.1, 0.15) is 18.1 Å². The third-order valence-electron chi connectivity index (χ3n) is 2.38. The van der Waals surface area contributed by atoms with Crippen molar-refractivity contribution in [3.05, 3.63) is 35.4 Å². The van der Waals surface area contributed by atoms with Gasteiger partial charge in [0, 0.05) is 0 Å². The third-order valence-corrected chi connectivity index (χ3v) is 3.89. The molecular formula is C12H13NO4S. The molecule has 96 valence electrons. The number of nitrogens with zero attached hydrogens (tertiary/aromatic N) is 1. The van der Waals surface area contributed by atoms with Crippen molar-refractivity contribution in [2.75, 3.05) is 13.7 Å². The van der Waals surface area contributed by atoms with E-state index in [0.29, 0.717) is 17.2 Å². The second kappa shape index (κ2) is 4.81. The van der Waals surface area contributed by atoms with E-state index in [9.17, 15) is 8.42 Å². The Kier molecular flexibility index (Phi) is 3.38.